The Labute approximate surface area is 147 Å². The van der Waals surface area contributed by atoms with Crippen molar-refractivity contribution in [3.63, 3.8) is 0 Å². The van der Waals surface area contributed by atoms with Crippen molar-refractivity contribution in [2.75, 3.05) is 16.8 Å². The Balaban J connectivity index is 2.19. The van der Waals surface area contributed by atoms with Crippen LogP contribution >= 0.6 is 0 Å². The van der Waals surface area contributed by atoms with E-state index >= 15 is 0 Å². The van der Waals surface area contributed by atoms with Gasteiger partial charge in [0.1, 0.15) is 6.54 Å². The fraction of sp³-hybridized carbons (Fsp3) is 0.250. The van der Waals surface area contributed by atoms with Crippen molar-refractivity contribution in [1.29, 1.82) is 0 Å². The normalized spacial score (nSPS) is 10.2. The lowest BCUT2D eigenvalue weighted by atomic mass is 10.1. The molecule has 0 aromatic heterocycles. The number of aryl methyl sites for hydroxylation is 1. The molecule has 5 heteroatoms. The number of benzene rings is 2. The molecule has 0 radical (unpaired) electrons. The zero-order chi connectivity index (χ0) is 18.4. The molecule has 0 unspecified atom stereocenters. The second kappa shape index (κ2) is 8.24. The molecule has 0 heterocycles. The first-order valence-electron chi connectivity index (χ1n) is 8.19. The van der Waals surface area contributed by atoms with Crippen molar-refractivity contribution in [3.8, 4) is 0 Å². The number of amides is 2. The molecule has 0 aliphatic heterocycles. The largest absolute Gasteiger partial charge is 0.324 e. The first kappa shape index (κ1) is 18.4. The summed E-state index contributed by atoms with van der Waals surface area (Å²) in [7, 11) is 0. The van der Waals surface area contributed by atoms with Crippen molar-refractivity contribution >= 4 is 29.0 Å². The van der Waals surface area contributed by atoms with Crippen LogP contribution in [0.4, 0.5) is 11.4 Å². The molecule has 0 aliphatic carbocycles. The Kier molecular flexibility index (Phi) is 6.06. The van der Waals surface area contributed by atoms with Crippen LogP contribution in [0.15, 0.2) is 48.5 Å². The Morgan fingerprint density at radius 2 is 1.72 bits per heavy atom. The van der Waals surface area contributed by atoms with E-state index in [1.54, 1.807) is 24.3 Å². The molecule has 0 atom stereocenters. The summed E-state index contributed by atoms with van der Waals surface area (Å²) in [5.41, 5.74) is 2.81. The summed E-state index contributed by atoms with van der Waals surface area (Å²) in [5.74, 6) is -0.643. The van der Waals surface area contributed by atoms with E-state index in [0.29, 0.717) is 11.3 Å². The van der Waals surface area contributed by atoms with Crippen LogP contribution in [0.1, 0.15) is 36.7 Å². The fourth-order valence-corrected chi connectivity index (χ4v) is 2.56. The topological polar surface area (TPSA) is 66.5 Å². The van der Waals surface area contributed by atoms with E-state index in [9.17, 15) is 14.4 Å². The van der Waals surface area contributed by atoms with E-state index in [-0.39, 0.29) is 24.1 Å². The lowest BCUT2D eigenvalue weighted by Gasteiger charge is -2.21. The van der Waals surface area contributed by atoms with Gasteiger partial charge in [-0.2, -0.15) is 0 Å². The van der Waals surface area contributed by atoms with Gasteiger partial charge in [-0.1, -0.05) is 37.3 Å². The second-order valence-corrected chi connectivity index (χ2v) is 5.77. The highest BCUT2D eigenvalue weighted by atomic mass is 16.2. The number of hydrogen-bond acceptors (Lipinski definition) is 3. The molecule has 0 aliphatic rings. The van der Waals surface area contributed by atoms with Crippen molar-refractivity contribution in [3.05, 3.63) is 59.7 Å². The van der Waals surface area contributed by atoms with Crippen LogP contribution < -0.4 is 10.2 Å². The maximum Gasteiger partial charge on any atom is 0.244 e. The maximum atomic E-state index is 12.4. The standard InChI is InChI=1S/C20H22N2O3/c1-4-16-8-5-6-11-19(16)21-20(25)13-22(15(3)24)18-10-7-9-17(12-18)14(2)23/h5-12H,4,13H2,1-3H3,(H,21,25). The van der Waals surface area contributed by atoms with Gasteiger partial charge in [0.05, 0.1) is 0 Å². The molecule has 0 spiro atoms. The molecule has 0 bridgehead atoms. The van der Waals surface area contributed by atoms with Crippen molar-refractivity contribution in [1.82, 2.24) is 0 Å². The van der Waals surface area contributed by atoms with Crippen LogP contribution in [0, 0.1) is 0 Å². The third kappa shape index (κ3) is 4.76. The Hall–Kier alpha value is -2.95. The zero-order valence-corrected chi connectivity index (χ0v) is 14.7. The molecule has 130 valence electrons. The van der Waals surface area contributed by atoms with Gasteiger partial charge in [-0.3, -0.25) is 14.4 Å². The van der Waals surface area contributed by atoms with Crippen LogP contribution in [0.5, 0.6) is 0 Å². The summed E-state index contributed by atoms with van der Waals surface area (Å²) in [5, 5.41) is 2.85. The maximum absolute atomic E-state index is 12.4. The van der Waals surface area contributed by atoms with E-state index in [2.05, 4.69) is 5.32 Å². The van der Waals surface area contributed by atoms with Crippen LogP contribution in [0.2, 0.25) is 0 Å². The summed E-state index contributed by atoms with van der Waals surface area (Å²) in [4.78, 5) is 37.3. The fourth-order valence-electron chi connectivity index (χ4n) is 2.56. The van der Waals surface area contributed by atoms with Crippen molar-refractivity contribution in [2.45, 2.75) is 27.2 Å². The number of nitrogens with one attached hydrogen (secondary N) is 1. The molecule has 1 N–H and O–H groups in total. The highest BCUT2D eigenvalue weighted by Crippen LogP contribution is 2.19. The number of rotatable bonds is 6. The molecule has 2 aromatic carbocycles. The summed E-state index contributed by atoms with van der Waals surface area (Å²) in [6, 6.07) is 14.3. The predicted molar refractivity (Wildman–Crippen MR) is 98.9 cm³/mol. The molecule has 0 saturated carbocycles. The predicted octanol–water partition coefficient (Wildman–Crippen LogP) is 3.44. The summed E-state index contributed by atoms with van der Waals surface area (Å²) < 4.78 is 0. The van der Waals surface area contributed by atoms with Gasteiger partial charge < -0.3 is 10.2 Å². The van der Waals surface area contributed by atoms with E-state index in [4.69, 9.17) is 0 Å². The average molecular weight is 338 g/mol. The van der Waals surface area contributed by atoms with Crippen molar-refractivity contribution in [2.24, 2.45) is 0 Å². The molecule has 2 aromatic rings. The zero-order valence-electron chi connectivity index (χ0n) is 14.7. The van der Waals surface area contributed by atoms with Crippen molar-refractivity contribution < 1.29 is 14.4 Å². The molecular weight excluding hydrogens is 316 g/mol. The highest BCUT2D eigenvalue weighted by molar-refractivity contribution is 6.03. The minimum atomic E-state index is -0.288. The number of carbonyl (C=O) groups excluding carboxylic acids is 3. The molecule has 2 rings (SSSR count). The number of para-hydroxylation sites is 1. The number of Topliss-reactive ketones (excluding diaryl/α,β-unsaturated/α-hetero) is 1. The molecular formula is C20H22N2O3. The minimum absolute atomic E-state index is 0.0910. The average Bonchev–Trinajstić information content (AvgIpc) is 2.60. The lowest BCUT2D eigenvalue weighted by molar-refractivity contribution is -0.120. The Bertz CT molecular complexity index is 799. The Morgan fingerprint density at radius 1 is 1.00 bits per heavy atom. The number of carbonyl (C=O) groups is 3. The Morgan fingerprint density at radius 3 is 2.36 bits per heavy atom. The van der Waals surface area contributed by atoms with E-state index in [1.807, 2.05) is 31.2 Å². The van der Waals surface area contributed by atoms with Gasteiger partial charge >= 0.3 is 0 Å². The van der Waals surface area contributed by atoms with Crippen LogP contribution in [0.3, 0.4) is 0 Å². The van der Waals surface area contributed by atoms with Crippen LogP contribution in [-0.4, -0.2) is 24.1 Å². The second-order valence-electron chi connectivity index (χ2n) is 5.77. The number of ketones is 1. The number of hydrogen-bond donors (Lipinski definition) is 1. The molecule has 25 heavy (non-hydrogen) atoms. The molecule has 0 fully saturated rings. The third-order valence-corrected chi connectivity index (χ3v) is 3.92. The van der Waals surface area contributed by atoms with E-state index < -0.39 is 0 Å². The van der Waals surface area contributed by atoms with E-state index in [0.717, 1.165) is 17.7 Å². The van der Waals surface area contributed by atoms with Gasteiger partial charge in [-0.25, -0.2) is 0 Å². The van der Waals surface area contributed by atoms with Gasteiger partial charge in [-0.05, 0) is 37.1 Å². The summed E-state index contributed by atoms with van der Waals surface area (Å²) >= 11 is 0. The summed E-state index contributed by atoms with van der Waals surface area (Å²) in [6.07, 6.45) is 0.799. The molecule has 5 nitrogen and oxygen atoms in total. The van der Waals surface area contributed by atoms with E-state index in [1.165, 1.54) is 18.7 Å². The SMILES string of the molecule is CCc1ccccc1NC(=O)CN(C(C)=O)c1cccc(C(C)=O)c1. The number of nitrogens with zero attached hydrogens (tertiary/aromatic N) is 1. The monoisotopic (exact) mass is 338 g/mol. The highest BCUT2D eigenvalue weighted by Gasteiger charge is 2.17. The lowest BCUT2D eigenvalue weighted by Crippen LogP contribution is -2.36. The van der Waals surface area contributed by atoms with Gasteiger partial charge in [0, 0.05) is 23.9 Å². The van der Waals surface area contributed by atoms with Crippen LogP contribution in [-0.2, 0) is 16.0 Å². The third-order valence-electron chi connectivity index (χ3n) is 3.92. The quantitative estimate of drug-likeness (QED) is 0.821. The molecule has 0 saturated heterocycles. The summed E-state index contributed by atoms with van der Waals surface area (Å²) in [6.45, 7) is 4.76. The van der Waals surface area contributed by atoms with Gasteiger partial charge in [0.15, 0.2) is 5.78 Å². The number of anilines is 2. The van der Waals surface area contributed by atoms with Gasteiger partial charge in [0.25, 0.3) is 0 Å². The molecule has 2 amide bonds. The van der Waals surface area contributed by atoms with Crippen LogP contribution in [0.25, 0.3) is 0 Å². The van der Waals surface area contributed by atoms with Gasteiger partial charge in [-0.15, -0.1) is 0 Å². The first-order valence-corrected chi connectivity index (χ1v) is 8.19. The van der Waals surface area contributed by atoms with Gasteiger partial charge in [0.2, 0.25) is 11.8 Å². The minimum Gasteiger partial charge on any atom is -0.324 e. The first-order chi connectivity index (χ1) is 11.9. The smallest absolute Gasteiger partial charge is 0.244 e.